The second-order valence-corrected chi connectivity index (χ2v) is 4.92. The van der Waals surface area contributed by atoms with Gasteiger partial charge in [0, 0.05) is 18.8 Å². The highest BCUT2D eigenvalue weighted by atomic mass is 14.9. The molecule has 3 aromatic rings. The van der Waals surface area contributed by atoms with Crippen LogP contribution in [-0.4, -0.2) is 4.57 Å². The van der Waals surface area contributed by atoms with Gasteiger partial charge in [0.25, 0.3) is 0 Å². The van der Waals surface area contributed by atoms with E-state index in [0.29, 0.717) is 0 Å². The Labute approximate surface area is 108 Å². The van der Waals surface area contributed by atoms with Gasteiger partial charge in [-0.2, -0.15) is 0 Å². The lowest BCUT2D eigenvalue weighted by Crippen LogP contribution is -1.92. The smallest absolute Gasteiger partial charge is 0.0516 e. The minimum Gasteiger partial charge on any atom is -0.350 e. The zero-order chi connectivity index (χ0) is 12.7. The van der Waals surface area contributed by atoms with Crippen molar-refractivity contribution in [2.75, 3.05) is 0 Å². The molecule has 90 valence electrons. The van der Waals surface area contributed by atoms with Crippen LogP contribution in [0.25, 0.3) is 22.0 Å². The molecule has 1 heterocycles. The van der Waals surface area contributed by atoms with Gasteiger partial charge in [-0.05, 0) is 35.7 Å². The van der Waals surface area contributed by atoms with Crippen LogP contribution in [0.2, 0.25) is 0 Å². The van der Waals surface area contributed by atoms with Crippen molar-refractivity contribution >= 4 is 10.8 Å². The largest absolute Gasteiger partial charge is 0.350 e. The van der Waals surface area contributed by atoms with Crippen molar-refractivity contribution in [1.29, 1.82) is 0 Å². The Morgan fingerprint density at radius 2 is 1.61 bits per heavy atom. The summed E-state index contributed by atoms with van der Waals surface area (Å²) in [5.41, 5.74) is 5.36. The van der Waals surface area contributed by atoms with Crippen molar-refractivity contribution in [3.8, 4) is 11.3 Å². The first-order chi connectivity index (χ1) is 8.68. The van der Waals surface area contributed by atoms with E-state index in [4.69, 9.17) is 0 Å². The van der Waals surface area contributed by atoms with Crippen LogP contribution < -0.4 is 0 Å². The number of hydrogen-bond donors (Lipinski definition) is 0. The van der Waals surface area contributed by atoms with Gasteiger partial charge < -0.3 is 4.57 Å². The first-order valence-corrected chi connectivity index (χ1v) is 6.29. The first-order valence-electron chi connectivity index (χ1n) is 6.29. The molecule has 1 heteroatoms. The Morgan fingerprint density at radius 1 is 0.889 bits per heavy atom. The summed E-state index contributed by atoms with van der Waals surface area (Å²) < 4.78 is 2.23. The van der Waals surface area contributed by atoms with Crippen LogP contribution >= 0.6 is 0 Å². The van der Waals surface area contributed by atoms with E-state index in [-0.39, 0.29) is 0 Å². The Kier molecular flexibility index (Phi) is 2.48. The van der Waals surface area contributed by atoms with E-state index in [1.165, 1.54) is 33.2 Å². The number of fused-ring (bicyclic) bond motifs is 1. The van der Waals surface area contributed by atoms with Crippen LogP contribution in [0.5, 0.6) is 0 Å². The maximum atomic E-state index is 2.23. The van der Waals surface area contributed by atoms with Crippen LogP contribution in [0.1, 0.15) is 11.1 Å². The lowest BCUT2D eigenvalue weighted by molar-refractivity contribution is 0.933. The molecule has 0 saturated carbocycles. The lowest BCUT2D eigenvalue weighted by Gasteiger charge is -2.09. The van der Waals surface area contributed by atoms with E-state index in [0.717, 1.165) is 0 Å². The van der Waals surface area contributed by atoms with Gasteiger partial charge in [0.15, 0.2) is 0 Å². The lowest BCUT2D eigenvalue weighted by atomic mass is 9.99. The minimum atomic E-state index is 1.30. The fraction of sp³-hybridized carbons (Fsp3) is 0.176. The molecule has 0 aliphatic heterocycles. The summed E-state index contributed by atoms with van der Waals surface area (Å²) in [6, 6.07) is 15.1. The third kappa shape index (κ3) is 1.55. The summed E-state index contributed by atoms with van der Waals surface area (Å²) in [7, 11) is 2.12. The van der Waals surface area contributed by atoms with E-state index >= 15 is 0 Å². The highest BCUT2D eigenvalue weighted by Gasteiger charge is 2.11. The summed E-state index contributed by atoms with van der Waals surface area (Å²) in [5.74, 6) is 0. The number of rotatable bonds is 1. The van der Waals surface area contributed by atoms with Crippen LogP contribution in [0, 0.1) is 13.8 Å². The molecule has 0 amide bonds. The molecule has 0 radical (unpaired) electrons. The van der Waals surface area contributed by atoms with Gasteiger partial charge in [0.2, 0.25) is 0 Å². The number of aromatic nitrogens is 1. The number of nitrogens with zero attached hydrogens (tertiary/aromatic N) is 1. The van der Waals surface area contributed by atoms with Gasteiger partial charge in [-0.1, -0.05) is 42.5 Å². The van der Waals surface area contributed by atoms with E-state index in [1.807, 2.05) is 0 Å². The van der Waals surface area contributed by atoms with Crippen molar-refractivity contribution < 1.29 is 0 Å². The molecular weight excluding hydrogens is 218 g/mol. The van der Waals surface area contributed by atoms with Gasteiger partial charge in [-0.25, -0.2) is 0 Å². The average Bonchev–Trinajstić information content (AvgIpc) is 2.63. The van der Waals surface area contributed by atoms with Crippen molar-refractivity contribution in [2.24, 2.45) is 7.05 Å². The Bertz CT molecular complexity index is 714. The molecule has 1 nitrogen and oxygen atoms in total. The molecule has 0 bridgehead atoms. The highest BCUT2D eigenvalue weighted by Crippen LogP contribution is 2.32. The Hall–Kier alpha value is -2.02. The predicted molar refractivity (Wildman–Crippen MR) is 77.8 cm³/mol. The van der Waals surface area contributed by atoms with Crippen LogP contribution in [-0.2, 0) is 7.05 Å². The summed E-state index contributed by atoms with van der Waals surface area (Å²) in [4.78, 5) is 0. The fourth-order valence-corrected chi connectivity index (χ4v) is 2.73. The molecule has 2 aromatic carbocycles. The third-order valence-electron chi connectivity index (χ3n) is 3.73. The zero-order valence-corrected chi connectivity index (χ0v) is 11.1. The van der Waals surface area contributed by atoms with Gasteiger partial charge in [0.1, 0.15) is 0 Å². The molecule has 0 aliphatic carbocycles. The number of aryl methyl sites for hydroxylation is 2. The fourth-order valence-electron chi connectivity index (χ4n) is 2.73. The van der Waals surface area contributed by atoms with Crippen LogP contribution in [0.3, 0.4) is 0 Å². The van der Waals surface area contributed by atoms with Crippen LogP contribution in [0.4, 0.5) is 0 Å². The molecule has 0 saturated heterocycles. The van der Waals surface area contributed by atoms with Gasteiger partial charge in [-0.3, -0.25) is 0 Å². The quantitative estimate of drug-likeness (QED) is 0.586. The van der Waals surface area contributed by atoms with Crippen molar-refractivity contribution in [3.05, 3.63) is 59.8 Å². The first kappa shape index (κ1) is 11.1. The highest BCUT2D eigenvalue weighted by molar-refractivity contribution is 5.96. The maximum absolute atomic E-state index is 2.23. The average molecular weight is 235 g/mol. The molecular formula is C17H17N. The summed E-state index contributed by atoms with van der Waals surface area (Å²) in [6.45, 7) is 4.37. The van der Waals surface area contributed by atoms with Crippen molar-refractivity contribution in [1.82, 2.24) is 4.57 Å². The molecule has 0 N–H and O–H groups in total. The minimum absolute atomic E-state index is 1.30. The van der Waals surface area contributed by atoms with Gasteiger partial charge >= 0.3 is 0 Å². The predicted octanol–water partition coefficient (Wildman–Crippen LogP) is 4.46. The normalized spacial score (nSPS) is 11.1. The molecule has 0 fully saturated rings. The van der Waals surface area contributed by atoms with Gasteiger partial charge in [-0.15, -0.1) is 0 Å². The maximum Gasteiger partial charge on any atom is 0.0516 e. The van der Waals surface area contributed by atoms with E-state index in [1.54, 1.807) is 0 Å². The molecule has 0 atom stereocenters. The SMILES string of the molecule is Cc1cn(C)c(-c2cccc3ccccc23)c1C. The molecule has 1 aromatic heterocycles. The van der Waals surface area contributed by atoms with Gasteiger partial charge in [0.05, 0.1) is 5.69 Å². The van der Waals surface area contributed by atoms with E-state index in [2.05, 4.69) is 74.1 Å². The third-order valence-corrected chi connectivity index (χ3v) is 3.73. The Morgan fingerprint density at radius 3 is 2.33 bits per heavy atom. The topological polar surface area (TPSA) is 4.93 Å². The molecule has 0 unspecified atom stereocenters. The van der Waals surface area contributed by atoms with E-state index < -0.39 is 0 Å². The molecule has 3 rings (SSSR count). The van der Waals surface area contributed by atoms with Crippen LogP contribution in [0.15, 0.2) is 48.7 Å². The molecule has 0 spiro atoms. The van der Waals surface area contributed by atoms with E-state index in [9.17, 15) is 0 Å². The second-order valence-electron chi connectivity index (χ2n) is 4.92. The van der Waals surface area contributed by atoms with Crippen molar-refractivity contribution in [2.45, 2.75) is 13.8 Å². The number of benzene rings is 2. The summed E-state index contributed by atoms with van der Waals surface area (Å²) in [5, 5.41) is 2.62. The molecule has 0 aliphatic rings. The standard InChI is InChI=1S/C17H17N/c1-12-11-18(3)17(13(12)2)16-10-6-8-14-7-4-5-9-15(14)16/h4-11H,1-3H3. The summed E-state index contributed by atoms with van der Waals surface area (Å²) >= 11 is 0. The Balaban J connectivity index is 2.38. The zero-order valence-electron chi connectivity index (χ0n) is 11.1. The summed E-state index contributed by atoms with van der Waals surface area (Å²) in [6.07, 6.45) is 2.20. The number of hydrogen-bond acceptors (Lipinski definition) is 0. The molecule has 18 heavy (non-hydrogen) atoms. The monoisotopic (exact) mass is 235 g/mol. The second kappa shape index (κ2) is 4.02. The van der Waals surface area contributed by atoms with Crippen molar-refractivity contribution in [3.63, 3.8) is 0 Å².